The van der Waals surface area contributed by atoms with Gasteiger partial charge in [-0.05, 0) is 45.8 Å². The number of methoxy groups -OCH3 is 1. The van der Waals surface area contributed by atoms with Crippen molar-refractivity contribution < 1.29 is 28.8 Å². The second-order valence-corrected chi connectivity index (χ2v) is 9.60. The number of benzene rings is 1. The Kier molecular flexibility index (Phi) is 10.5. The van der Waals surface area contributed by atoms with E-state index < -0.39 is 40.6 Å². The molecule has 0 radical (unpaired) electrons. The van der Waals surface area contributed by atoms with Crippen LogP contribution in [-0.2, 0) is 23.9 Å². The highest BCUT2D eigenvalue weighted by Gasteiger charge is 2.43. The van der Waals surface area contributed by atoms with Crippen LogP contribution in [-0.4, -0.2) is 73.8 Å². The fourth-order valence-corrected chi connectivity index (χ4v) is 4.32. The Hall–Kier alpha value is -3.60. The third-order valence-corrected chi connectivity index (χ3v) is 6.17. The van der Waals surface area contributed by atoms with Crippen molar-refractivity contribution in [1.82, 2.24) is 10.2 Å². The molecule has 0 spiro atoms. The first-order chi connectivity index (χ1) is 17.4. The van der Waals surface area contributed by atoms with E-state index in [1.165, 1.54) is 25.3 Å². The van der Waals surface area contributed by atoms with E-state index in [9.17, 15) is 24.5 Å². The lowest BCUT2D eigenvalue weighted by Crippen LogP contribution is -2.48. The molecule has 202 valence electrons. The lowest BCUT2D eigenvalue weighted by molar-refractivity contribution is -0.384. The first kappa shape index (κ1) is 29.6. The Balaban J connectivity index is 2.45. The van der Waals surface area contributed by atoms with Gasteiger partial charge in [0.1, 0.15) is 12.0 Å². The Labute approximate surface area is 217 Å². The van der Waals surface area contributed by atoms with Gasteiger partial charge in [-0.2, -0.15) is 0 Å². The van der Waals surface area contributed by atoms with Crippen LogP contribution in [0.25, 0.3) is 0 Å². The summed E-state index contributed by atoms with van der Waals surface area (Å²) >= 11 is 0. The van der Waals surface area contributed by atoms with Crippen LogP contribution in [0.2, 0.25) is 0 Å². The molecule has 0 aliphatic carbocycles. The van der Waals surface area contributed by atoms with E-state index in [0.717, 1.165) is 6.54 Å². The van der Waals surface area contributed by atoms with Crippen LogP contribution in [0.15, 0.2) is 40.5 Å². The number of nitrogens with one attached hydrogen (secondary N) is 1. The Morgan fingerprint density at radius 1 is 1.22 bits per heavy atom. The number of nitrogens with zero attached hydrogens (tertiary/aromatic N) is 3. The van der Waals surface area contributed by atoms with E-state index in [4.69, 9.17) is 9.47 Å². The number of allylic oxidation sites excluding steroid dienone is 1. The fourth-order valence-electron chi connectivity index (χ4n) is 4.32. The fraction of sp³-hybridized carbons (Fsp3) is 0.538. The molecular formula is C26H36N4O7. The van der Waals surface area contributed by atoms with Gasteiger partial charge in [0, 0.05) is 41.6 Å². The minimum Gasteiger partial charge on any atom is -0.468 e. The average molecular weight is 517 g/mol. The van der Waals surface area contributed by atoms with Gasteiger partial charge in [0.05, 0.1) is 18.6 Å². The molecule has 3 atom stereocenters. The maximum atomic E-state index is 13.7. The van der Waals surface area contributed by atoms with Gasteiger partial charge in [0.2, 0.25) is 5.91 Å². The van der Waals surface area contributed by atoms with Crippen molar-refractivity contribution >= 4 is 29.2 Å². The second-order valence-electron chi connectivity index (χ2n) is 9.60. The molecule has 1 heterocycles. The zero-order valence-corrected chi connectivity index (χ0v) is 22.4. The smallest absolute Gasteiger partial charge is 0.328 e. The van der Waals surface area contributed by atoms with Crippen molar-refractivity contribution in [2.24, 2.45) is 16.8 Å². The van der Waals surface area contributed by atoms with Crippen molar-refractivity contribution in [3.8, 4) is 0 Å². The summed E-state index contributed by atoms with van der Waals surface area (Å²) in [6.45, 7) is 7.79. The Morgan fingerprint density at radius 3 is 2.46 bits per heavy atom. The van der Waals surface area contributed by atoms with Crippen LogP contribution in [0.5, 0.6) is 0 Å². The van der Waals surface area contributed by atoms with Gasteiger partial charge in [0.15, 0.2) is 0 Å². The molecule has 37 heavy (non-hydrogen) atoms. The highest BCUT2D eigenvalue weighted by atomic mass is 16.6. The number of carbonyl (C=O) groups excluding carboxylic acids is 3. The maximum Gasteiger partial charge on any atom is 0.328 e. The second kappa shape index (κ2) is 13.1. The molecular weight excluding hydrogens is 480 g/mol. The standard InChI is InChI=1S/C26H36N4O7/c1-15(2)23(26(33)37-13-9-12-29(5)6)28-24(31)20-16(3)27-17(4)21(25(32)36-7)22(20)18-10-8-11-19(14-18)30(34)35/h8,10-11,14-15,21-23H,9,12-13H2,1-7H3,(H,28,31)/t21?,22-,23-/m0/s1. The molecule has 1 aromatic rings. The van der Waals surface area contributed by atoms with Crippen LogP contribution in [0.1, 0.15) is 45.6 Å². The number of aliphatic imine (C=N–C) groups is 1. The van der Waals surface area contributed by atoms with Crippen molar-refractivity contribution in [3.63, 3.8) is 0 Å². The predicted octanol–water partition coefficient (Wildman–Crippen LogP) is 2.85. The first-order valence-electron chi connectivity index (χ1n) is 12.1. The summed E-state index contributed by atoms with van der Waals surface area (Å²) in [4.78, 5) is 56.6. The first-order valence-corrected chi connectivity index (χ1v) is 12.1. The zero-order valence-electron chi connectivity index (χ0n) is 22.4. The quantitative estimate of drug-likeness (QED) is 0.205. The number of nitro benzene ring substituents is 1. The van der Waals surface area contributed by atoms with E-state index in [1.807, 2.05) is 19.0 Å². The number of hydrogen-bond donors (Lipinski definition) is 1. The van der Waals surface area contributed by atoms with Gasteiger partial charge >= 0.3 is 11.9 Å². The summed E-state index contributed by atoms with van der Waals surface area (Å²) in [6.07, 6.45) is 0.644. The lowest BCUT2D eigenvalue weighted by atomic mass is 9.75. The molecule has 0 aromatic heterocycles. The molecule has 1 aliphatic heterocycles. The van der Waals surface area contributed by atoms with Gasteiger partial charge in [-0.15, -0.1) is 0 Å². The molecule has 0 saturated heterocycles. The molecule has 0 fully saturated rings. The summed E-state index contributed by atoms with van der Waals surface area (Å²) in [7, 11) is 5.07. The highest BCUT2D eigenvalue weighted by molar-refractivity contribution is 6.08. The van der Waals surface area contributed by atoms with Crippen molar-refractivity contribution in [1.29, 1.82) is 0 Å². The van der Waals surface area contributed by atoms with Crippen LogP contribution < -0.4 is 5.32 Å². The minimum absolute atomic E-state index is 0.132. The summed E-state index contributed by atoms with van der Waals surface area (Å²) in [5.74, 6) is -3.97. The summed E-state index contributed by atoms with van der Waals surface area (Å²) in [5.41, 5.74) is 1.09. The maximum absolute atomic E-state index is 13.7. The summed E-state index contributed by atoms with van der Waals surface area (Å²) in [6, 6.07) is 4.83. The number of hydrogen-bond acceptors (Lipinski definition) is 9. The average Bonchev–Trinajstić information content (AvgIpc) is 2.83. The number of ether oxygens (including phenoxy) is 2. The summed E-state index contributed by atoms with van der Waals surface area (Å²) in [5, 5.41) is 14.2. The normalized spacial score (nSPS) is 18.4. The number of esters is 2. The van der Waals surface area contributed by atoms with Crippen molar-refractivity contribution in [2.75, 3.05) is 34.4 Å². The van der Waals surface area contributed by atoms with Gasteiger partial charge < -0.3 is 19.7 Å². The SMILES string of the molecule is COC(=O)C1C(C)=NC(C)=C(C(=O)N[C@H](C(=O)OCCCN(C)C)C(C)C)[C@@H]1c1cccc([N+](=O)[O-])c1. The molecule has 1 N–H and O–H groups in total. The van der Waals surface area contributed by atoms with E-state index in [0.29, 0.717) is 23.4 Å². The predicted molar refractivity (Wildman–Crippen MR) is 138 cm³/mol. The van der Waals surface area contributed by atoms with Crippen LogP contribution >= 0.6 is 0 Å². The molecule has 1 unspecified atom stereocenters. The zero-order chi connectivity index (χ0) is 27.9. The van der Waals surface area contributed by atoms with Gasteiger partial charge in [-0.25, -0.2) is 4.79 Å². The van der Waals surface area contributed by atoms with E-state index in [2.05, 4.69) is 10.3 Å². The molecule has 2 rings (SSSR count). The molecule has 11 heteroatoms. The Morgan fingerprint density at radius 2 is 1.89 bits per heavy atom. The topological polar surface area (TPSA) is 140 Å². The third kappa shape index (κ3) is 7.45. The number of nitro groups is 1. The van der Waals surface area contributed by atoms with E-state index in [-0.39, 0.29) is 23.8 Å². The van der Waals surface area contributed by atoms with E-state index in [1.54, 1.807) is 33.8 Å². The minimum atomic E-state index is -0.980. The van der Waals surface area contributed by atoms with Crippen LogP contribution in [0, 0.1) is 22.0 Å². The van der Waals surface area contributed by atoms with E-state index >= 15 is 0 Å². The molecule has 1 aliphatic rings. The van der Waals surface area contributed by atoms with Gasteiger partial charge in [0.25, 0.3) is 5.69 Å². The van der Waals surface area contributed by atoms with Gasteiger partial charge in [-0.1, -0.05) is 26.0 Å². The third-order valence-electron chi connectivity index (χ3n) is 6.17. The van der Waals surface area contributed by atoms with Crippen molar-refractivity contribution in [3.05, 3.63) is 51.2 Å². The number of non-ortho nitro benzene ring substituents is 1. The molecule has 0 saturated carbocycles. The van der Waals surface area contributed by atoms with Gasteiger partial charge in [-0.3, -0.25) is 24.7 Å². The van der Waals surface area contributed by atoms with Crippen molar-refractivity contribution in [2.45, 2.75) is 46.1 Å². The molecule has 0 bridgehead atoms. The lowest BCUT2D eigenvalue weighted by Gasteiger charge is -2.32. The van der Waals surface area contributed by atoms with Crippen LogP contribution in [0.4, 0.5) is 5.69 Å². The molecule has 1 aromatic carbocycles. The Bertz CT molecular complexity index is 1090. The summed E-state index contributed by atoms with van der Waals surface area (Å²) < 4.78 is 10.4. The monoisotopic (exact) mass is 516 g/mol. The number of amides is 1. The number of rotatable bonds is 11. The highest BCUT2D eigenvalue weighted by Crippen LogP contribution is 2.40. The number of carbonyl (C=O) groups is 3. The molecule has 1 amide bonds. The van der Waals surface area contributed by atoms with Crippen LogP contribution in [0.3, 0.4) is 0 Å². The molecule has 11 nitrogen and oxygen atoms in total. The largest absolute Gasteiger partial charge is 0.468 e.